The van der Waals surface area contributed by atoms with Crippen molar-refractivity contribution in [3.8, 4) is 0 Å². The van der Waals surface area contributed by atoms with Crippen molar-refractivity contribution in [2.75, 3.05) is 25.0 Å². The molecule has 1 amide bonds. The van der Waals surface area contributed by atoms with Gasteiger partial charge in [-0.2, -0.15) is 0 Å². The highest BCUT2D eigenvalue weighted by Gasteiger charge is 2.18. The van der Waals surface area contributed by atoms with Gasteiger partial charge in [-0.25, -0.2) is 0 Å². The molecule has 2 N–H and O–H groups in total. The van der Waals surface area contributed by atoms with Crippen LogP contribution in [0, 0.1) is 13.8 Å². The van der Waals surface area contributed by atoms with E-state index in [1.165, 1.54) is 11.1 Å². The lowest BCUT2D eigenvalue weighted by atomic mass is 10.1. The van der Waals surface area contributed by atoms with Crippen molar-refractivity contribution in [1.82, 2.24) is 10.2 Å². The lowest BCUT2D eigenvalue weighted by molar-refractivity contribution is -0.127. The molecule has 0 unspecified atom stereocenters. The summed E-state index contributed by atoms with van der Waals surface area (Å²) in [6.07, 6.45) is 2.62. The van der Waals surface area contributed by atoms with Crippen LogP contribution in [0.4, 0.5) is 5.69 Å². The average molecular weight is 305 g/mol. The monoisotopic (exact) mass is 305 g/mol. The third-order valence-electron chi connectivity index (χ3n) is 3.83. The van der Waals surface area contributed by atoms with Crippen LogP contribution < -0.4 is 10.6 Å². The molecule has 5 heteroatoms. The van der Waals surface area contributed by atoms with E-state index in [0.29, 0.717) is 11.5 Å². The highest BCUT2D eigenvalue weighted by molar-refractivity contribution is 7.80. The molecule has 4 nitrogen and oxygen atoms in total. The molecule has 0 bridgehead atoms. The van der Waals surface area contributed by atoms with Gasteiger partial charge in [-0.15, -0.1) is 0 Å². The van der Waals surface area contributed by atoms with Gasteiger partial charge in [-0.3, -0.25) is 4.79 Å². The van der Waals surface area contributed by atoms with Gasteiger partial charge in [-0.1, -0.05) is 6.07 Å². The maximum atomic E-state index is 11.5. The topological polar surface area (TPSA) is 44.4 Å². The fraction of sp³-hybridized carbons (Fsp3) is 0.500. The number of aryl methyl sites for hydroxylation is 2. The van der Waals surface area contributed by atoms with Gasteiger partial charge in [0.1, 0.15) is 0 Å². The Balaban J connectivity index is 1.67. The summed E-state index contributed by atoms with van der Waals surface area (Å²) < 4.78 is 0. The second-order valence-corrected chi connectivity index (χ2v) is 5.93. The minimum absolute atomic E-state index is 0.283. The van der Waals surface area contributed by atoms with Crippen LogP contribution in [0.2, 0.25) is 0 Å². The van der Waals surface area contributed by atoms with E-state index in [9.17, 15) is 4.79 Å². The summed E-state index contributed by atoms with van der Waals surface area (Å²) in [4.78, 5) is 13.4. The Kier molecular flexibility index (Phi) is 5.56. The average Bonchev–Trinajstić information content (AvgIpc) is 2.85. The van der Waals surface area contributed by atoms with Crippen LogP contribution in [-0.4, -0.2) is 35.6 Å². The predicted molar refractivity (Wildman–Crippen MR) is 90.6 cm³/mol. The molecule has 0 radical (unpaired) electrons. The molecule has 21 heavy (non-hydrogen) atoms. The van der Waals surface area contributed by atoms with E-state index in [1.807, 2.05) is 11.0 Å². The first-order chi connectivity index (χ1) is 10.1. The van der Waals surface area contributed by atoms with Gasteiger partial charge in [0.2, 0.25) is 5.91 Å². The van der Waals surface area contributed by atoms with E-state index >= 15 is 0 Å². The predicted octanol–water partition coefficient (Wildman–Crippen LogP) is 2.60. The molecular formula is C16H23N3OS. The van der Waals surface area contributed by atoms with Gasteiger partial charge < -0.3 is 15.5 Å². The molecule has 1 aliphatic heterocycles. The van der Waals surface area contributed by atoms with Crippen LogP contribution in [0.5, 0.6) is 0 Å². The van der Waals surface area contributed by atoms with Gasteiger partial charge >= 0.3 is 0 Å². The Bertz CT molecular complexity index is 530. The molecule has 1 aliphatic rings. The maximum Gasteiger partial charge on any atom is 0.222 e. The molecule has 1 aromatic rings. The molecule has 1 fully saturated rings. The number of likely N-dealkylation sites (tertiary alicyclic amines) is 1. The van der Waals surface area contributed by atoms with Crippen molar-refractivity contribution in [2.45, 2.75) is 33.1 Å². The van der Waals surface area contributed by atoms with Crippen LogP contribution in [0.25, 0.3) is 0 Å². The molecule has 0 aromatic heterocycles. The number of carbonyl (C=O) groups excluding carboxylic acids is 1. The van der Waals surface area contributed by atoms with Crippen molar-refractivity contribution in [1.29, 1.82) is 0 Å². The molecular weight excluding hydrogens is 282 g/mol. The Hall–Kier alpha value is -1.62. The molecule has 1 aromatic carbocycles. The normalized spacial score (nSPS) is 14.4. The molecule has 114 valence electrons. The van der Waals surface area contributed by atoms with Gasteiger partial charge in [-0.05, 0) is 62.2 Å². The smallest absolute Gasteiger partial charge is 0.222 e. The second-order valence-electron chi connectivity index (χ2n) is 5.52. The fourth-order valence-corrected chi connectivity index (χ4v) is 2.63. The standard InChI is InChI=1S/C16H23N3OS/c1-12-6-7-14(11-13(12)2)18-16(21)17-8-4-10-19-9-3-5-15(19)20/h6-7,11H,3-5,8-10H2,1-2H3,(H2,17,18,21). The van der Waals surface area contributed by atoms with E-state index in [1.54, 1.807) is 0 Å². The van der Waals surface area contributed by atoms with Crippen molar-refractivity contribution in [3.63, 3.8) is 0 Å². The summed E-state index contributed by atoms with van der Waals surface area (Å²) in [6, 6.07) is 6.20. The number of rotatable bonds is 5. The van der Waals surface area contributed by atoms with E-state index < -0.39 is 0 Å². The van der Waals surface area contributed by atoms with Crippen LogP contribution >= 0.6 is 12.2 Å². The molecule has 0 atom stereocenters. The lowest BCUT2D eigenvalue weighted by Gasteiger charge is -2.16. The third-order valence-corrected chi connectivity index (χ3v) is 4.07. The van der Waals surface area contributed by atoms with E-state index in [0.717, 1.165) is 38.2 Å². The van der Waals surface area contributed by atoms with Crippen LogP contribution in [-0.2, 0) is 4.79 Å². The number of thiocarbonyl (C=S) groups is 1. The Morgan fingerprint density at radius 1 is 1.33 bits per heavy atom. The minimum Gasteiger partial charge on any atom is -0.362 e. The lowest BCUT2D eigenvalue weighted by Crippen LogP contribution is -2.32. The SMILES string of the molecule is Cc1ccc(NC(=S)NCCCN2CCCC2=O)cc1C. The van der Waals surface area contributed by atoms with Crippen molar-refractivity contribution in [2.24, 2.45) is 0 Å². The molecule has 0 saturated carbocycles. The Morgan fingerprint density at radius 3 is 2.81 bits per heavy atom. The number of hydrogen-bond acceptors (Lipinski definition) is 2. The molecule has 1 heterocycles. The van der Waals surface area contributed by atoms with Crippen molar-refractivity contribution < 1.29 is 4.79 Å². The highest BCUT2D eigenvalue weighted by atomic mass is 32.1. The summed E-state index contributed by atoms with van der Waals surface area (Å²) >= 11 is 5.28. The molecule has 1 saturated heterocycles. The number of hydrogen-bond donors (Lipinski definition) is 2. The van der Waals surface area contributed by atoms with Crippen LogP contribution in [0.3, 0.4) is 0 Å². The molecule has 0 aliphatic carbocycles. The van der Waals surface area contributed by atoms with Gasteiger partial charge in [0, 0.05) is 31.7 Å². The minimum atomic E-state index is 0.283. The maximum absolute atomic E-state index is 11.5. The number of amides is 1. The van der Waals surface area contributed by atoms with Gasteiger partial charge in [0.05, 0.1) is 0 Å². The fourth-order valence-electron chi connectivity index (χ4n) is 2.41. The highest BCUT2D eigenvalue weighted by Crippen LogP contribution is 2.14. The van der Waals surface area contributed by atoms with E-state index in [2.05, 4.69) is 36.6 Å². The Labute approximate surface area is 131 Å². The van der Waals surface area contributed by atoms with Gasteiger partial charge in [0.25, 0.3) is 0 Å². The van der Waals surface area contributed by atoms with Crippen molar-refractivity contribution in [3.05, 3.63) is 29.3 Å². The molecule has 0 spiro atoms. The van der Waals surface area contributed by atoms with Crippen LogP contribution in [0.15, 0.2) is 18.2 Å². The summed E-state index contributed by atoms with van der Waals surface area (Å²) in [5.74, 6) is 0.283. The van der Waals surface area contributed by atoms with Crippen LogP contribution in [0.1, 0.15) is 30.4 Å². The zero-order valence-electron chi connectivity index (χ0n) is 12.7. The van der Waals surface area contributed by atoms with E-state index in [-0.39, 0.29) is 5.91 Å². The summed E-state index contributed by atoms with van der Waals surface area (Å²) in [5, 5.41) is 7.00. The number of anilines is 1. The largest absolute Gasteiger partial charge is 0.362 e. The second kappa shape index (κ2) is 7.41. The number of nitrogens with zero attached hydrogens (tertiary/aromatic N) is 1. The summed E-state index contributed by atoms with van der Waals surface area (Å²) in [6.45, 7) is 6.68. The summed E-state index contributed by atoms with van der Waals surface area (Å²) in [7, 11) is 0. The first-order valence-electron chi connectivity index (χ1n) is 7.46. The molecule has 2 rings (SSSR count). The zero-order chi connectivity index (χ0) is 15.2. The summed E-state index contributed by atoms with van der Waals surface area (Å²) in [5.41, 5.74) is 3.52. The van der Waals surface area contributed by atoms with E-state index in [4.69, 9.17) is 12.2 Å². The number of carbonyl (C=O) groups is 1. The zero-order valence-corrected chi connectivity index (χ0v) is 13.6. The number of benzene rings is 1. The number of nitrogens with one attached hydrogen (secondary N) is 2. The Morgan fingerprint density at radius 2 is 2.14 bits per heavy atom. The van der Waals surface area contributed by atoms with Crippen molar-refractivity contribution >= 4 is 28.9 Å². The first kappa shape index (κ1) is 15.8. The van der Waals surface area contributed by atoms with Gasteiger partial charge in [0.15, 0.2) is 5.11 Å². The third kappa shape index (κ3) is 4.70. The quantitative estimate of drug-likeness (QED) is 0.648. The first-order valence-corrected chi connectivity index (χ1v) is 7.87.